The van der Waals surface area contributed by atoms with Gasteiger partial charge in [0.1, 0.15) is 11.8 Å². The first kappa shape index (κ1) is 24.6. The fourth-order valence-electron chi connectivity index (χ4n) is 3.80. The number of carbonyl (C=O) groups is 2. The predicted molar refractivity (Wildman–Crippen MR) is 139 cm³/mol. The van der Waals surface area contributed by atoms with E-state index in [2.05, 4.69) is 20.4 Å². The van der Waals surface area contributed by atoms with Crippen LogP contribution in [0.1, 0.15) is 27.4 Å². The van der Waals surface area contributed by atoms with Crippen molar-refractivity contribution in [2.75, 3.05) is 0 Å². The molecule has 3 aromatic heterocycles. The van der Waals surface area contributed by atoms with E-state index >= 15 is 0 Å². The zero-order valence-electron chi connectivity index (χ0n) is 20.7. The van der Waals surface area contributed by atoms with E-state index in [4.69, 9.17) is 8.94 Å². The molecule has 2 aromatic carbocycles. The van der Waals surface area contributed by atoms with Gasteiger partial charge in [-0.05, 0) is 50.2 Å². The Labute approximate surface area is 218 Å². The van der Waals surface area contributed by atoms with Crippen LogP contribution < -0.4 is 5.32 Å². The van der Waals surface area contributed by atoms with Gasteiger partial charge in [-0.2, -0.15) is 4.98 Å². The van der Waals surface area contributed by atoms with Crippen molar-refractivity contribution in [1.29, 1.82) is 0 Å². The molecule has 1 atom stereocenters. The standard InChI is InChI=1S/C29H24N4O5/c1-17-3-7-19(8-4-17)24-13-14-25(37-24)27(34)31-23(29(35)36)15-22-12-11-21(16-30-22)26-32-28(38-33-26)20-9-5-18(2)6-10-20/h3-14,16,23H,15H2,1-2H3,(H,31,34)(H,35,36). The Morgan fingerprint density at radius 3 is 2.16 bits per heavy atom. The van der Waals surface area contributed by atoms with Gasteiger partial charge in [0.05, 0.1) is 0 Å². The Morgan fingerprint density at radius 2 is 1.53 bits per heavy atom. The van der Waals surface area contributed by atoms with Crippen LogP contribution in [0.4, 0.5) is 0 Å². The number of aryl methyl sites for hydroxylation is 2. The van der Waals surface area contributed by atoms with Gasteiger partial charge in [-0.3, -0.25) is 9.78 Å². The van der Waals surface area contributed by atoms with Crippen LogP contribution >= 0.6 is 0 Å². The summed E-state index contributed by atoms with van der Waals surface area (Å²) >= 11 is 0. The van der Waals surface area contributed by atoms with Crippen LogP contribution in [0.2, 0.25) is 0 Å². The third-order valence-corrected chi connectivity index (χ3v) is 5.99. The molecule has 0 spiro atoms. The van der Waals surface area contributed by atoms with Crippen molar-refractivity contribution in [2.24, 2.45) is 0 Å². The van der Waals surface area contributed by atoms with E-state index in [1.807, 2.05) is 62.4 Å². The molecule has 0 saturated heterocycles. The van der Waals surface area contributed by atoms with Gasteiger partial charge < -0.3 is 19.4 Å². The summed E-state index contributed by atoms with van der Waals surface area (Å²) in [6.07, 6.45) is 1.52. The number of hydrogen-bond acceptors (Lipinski definition) is 7. The van der Waals surface area contributed by atoms with Crippen molar-refractivity contribution in [3.63, 3.8) is 0 Å². The largest absolute Gasteiger partial charge is 0.480 e. The fourth-order valence-corrected chi connectivity index (χ4v) is 3.80. The molecule has 2 N–H and O–H groups in total. The third-order valence-electron chi connectivity index (χ3n) is 5.99. The molecule has 3 heterocycles. The SMILES string of the molecule is Cc1ccc(-c2ccc(C(=O)NC(Cc3ccc(-c4noc(-c5ccc(C)cc5)n4)cn3)C(=O)O)o2)cc1. The third kappa shape index (κ3) is 5.52. The molecule has 0 saturated carbocycles. The van der Waals surface area contributed by atoms with Crippen molar-refractivity contribution in [1.82, 2.24) is 20.4 Å². The number of amides is 1. The highest BCUT2D eigenvalue weighted by Crippen LogP contribution is 2.24. The zero-order valence-corrected chi connectivity index (χ0v) is 20.7. The molecule has 0 aliphatic carbocycles. The highest BCUT2D eigenvalue weighted by Gasteiger charge is 2.24. The molecule has 9 nitrogen and oxygen atoms in total. The molecule has 5 rings (SSSR count). The lowest BCUT2D eigenvalue weighted by Crippen LogP contribution is -2.42. The second kappa shape index (κ2) is 10.5. The maximum absolute atomic E-state index is 12.7. The number of nitrogens with zero attached hydrogens (tertiary/aromatic N) is 3. The van der Waals surface area contributed by atoms with Crippen LogP contribution in [-0.2, 0) is 11.2 Å². The van der Waals surface area contributed by atoms with E-state index < -0.39 is 17.9 Å². The number of benzene rings is 2. The van der Waals surface area contributed by atoms with Crippen LogP contribution in [0.5, 0.6) is 0 Å². The van der Waals surface area contributed by atoms with Crippen molar-refractivity contribution in [2.45, 2.75) is 26.3 Å². The molecular weight excluding hydrogens is 484 g/mol. The highest BCUT2D eigenvalue weighted by atomic mass is 16.5. The van der Waals surface area contributed by atoms with E-state index in [9.17, 15) is 14.7 Å². The summed E-state index contributed by atoms with van der Waals surface area (Å²) in [6.45, 7) is 3.98. The van der Waals surface area contributed by atoms with Gasteiger partial charge in [-0.15, -0.1) is 0 Å². The summed E-state index contributed by atoms with van der Waals surface area (Å²) in [5.41, 5.74) is 4.95. The number of pyridine rings is 1. The van der Waals surface area contributed by atoms with Crippen LogP contribution in [0, 0.1) is 13.8 Å². The minimum Gasteiger partial charge on any atom is -0.480 e. The number of furan rings is 1. The number of hydrogen-bond donors (Lipinski definition) is 2. The Hall–Kier alpha value is -5.05. The van der Waals surface area contributed by atoms with E-state index in [1.165, 1.54) is 6.07 Å². The minimum atomic E-state index is -1.20. The first-order valence-corrected chi connectivity index (χ1v) is 11.9. The topological polar surface area (TPSA) is 131 Å². The number of aliphatic carboxylic acids is 1. The van der Waals surface area contributed by atoms with E-state index in [0.717, 1.165) is 22.3 Å². The first-order chi connectivity index (χ1) is 18.4. The summed E-state index contributed by atoms with van der Waals surface area (Å²) in [7, 11) is 0. The highest BCUT2D eigenvalue weighted by molar-refractivity contribution is 5.94. The average molecular weight is 509 g/mol. The van der Waals surface area contributed by atoms with E-state index in [-0.39, 0.29) is 12.2 Å². The number of carbonyl (C=O) groups excluding carboxylic acids is 1. The fraction of sp³-hybridized carbons (Fsp3) is 0.138. The Balaban J connectivity index is 1.25. The summed E-state index contributed by atoms with van der Waals surface area (Å²) in [5, 5.41) is 16.2. The molecule has 190 valence electrons. The number of aromatic nitrogens is 3. The van der Waals surface area contributed by atoms with Gasteiger partial charge >= 0.3 is 5.97 Å². The van der Waals surface area contributed by atoms with Gasteiger partial charge in [-0.25, -0.2) is 4.79 Å². The maximum Gasteiger partial charge on any atom is 0.326 e. The van der Waals surface area contributed by atoms with Gasteiger partial charge in [0.2, 0.25) is 5.82 Å². The van der Waals surface area contributed by atoms with Crippen LogP contribution in [0.3, 0.4) is 0 Å². The maximum atomic E-state index is 12.7. The molecule has 38 heavy (non-hydrogen) atoms. The second-order valence-electron chi connectivity index (χ2n) is 8.93. The van der Waals surface area contributed by atoms with Gasteiger partial charge in [0.15, 0.2) is 5.76 Å². The molecule has 9 heteroatoms. The zero-order chi connectivity index (χ0) is 26.6. The summed E-state index contributed by atoms with van der Waals surface area (Å²) < 4.78 is 11.0. The molecule has 5 aromatic rings. The Bertz CT molecular complexity index is 1570. The Morgan fingerprint density at radius 1 is 0.868 bits per heavy atom. The molecule has 0 radical (unpaired) electrons. The molecule has 0 aliphatic rings. The Kier molecular flexibility index (Phi) is 6.82. The second-order valence-corrected chi connectivity index (χ2v) is 8.93. The smallest absolute Gasteiger partial charge is 0.326 e. The van der Waals surface area contributed by atoms with Crippen LogP contribution in [0.25, 0.3) is 34.2 Å². The number of nitrogens with one attached hydrogen (secondary N) is 1. The predicted octanol–water partition coefficient (Wildman–Crippen LogP) is 5.10. The molecule has 0 fully saturated rings. The number of carboxylic acid groups (broad SMARTS) is 1. The number of rotatable bonds is 8. The molecular formula is C29H24N4O5. The van der Waals surface area contributed by atoms with Crippen molar-refractivity contribution in [3.8, 4) is 34.2 Å². The normalized spacial score (nSPS) is 11.7. The van der Waals surface area contributed by atoms with Crippen molar-refractivity contribution in [3.05, 3.63) is 102 Å². The van der Waals surface area contributed by atoms with Crippen molar-refractivity contribution < 1.29 is 23.6 Å². The van der Waals surface area contributed by atoms with Gasteiger partial charge in [0.25, 0.3) is 11.8 Å². The van der Waals surface area contributed by atoms with E-state index in [1.54, 1.807) is 24.4 Å². The van der Waals surface area contributed by atoms with Gasteiger partial charge in [0, 0.05) is 35.0 Å². The lowest BCUT2D eigenvalue weighted by atomic mass is 10.1. The lowest BCUT2D eigenvalue weighted by Gasteiger charge is -2.13. The van der Waals surface area contributed by atoms with Gasteiger partial charge in [-0.1, -0.05) is 52.7 Å². The van der Waals surface area contributed by atoms with Crippen molar-refractivity contribution >= 4 is 11.9 Å². The minimum absolute atomic E-state index is 0.0201. The first-order valence-electron chi connectivity index (χ1n) is 11.9. The summed E-state index contributed by atoms with van der Waals surface area (Å²) in [4.78, 5) is 33.3. The quantitative estimate of drug-likeness (QED) is 0.296. The average Bonchev–Trinajstić information content (AvgIpc) is 3.60. The van der Waals surface area contributed by atoms with Crippen LogP contribution in [-0.4, -0.2) is 38.1 Å². The van der Waals surface area contributed by atoms with Crippen LogP contribution in [0.15, 0.2) is 87.9 Å². The number of carboxylic acids is 1. The molecule has 0 aliphatic heterocycles. The van der Waals surface area contributed by atoms with E-state index in [0.29, 0.717) is 28.7 Å². The lowest BCUT2D eigenvalue weighted by molar-refractivity contribution is -0.139. The summed E-state index contributed by atoms with van der Waals surface area (Å²) in [6, 6.07) is 20.8. The monoisotopic (exact) mass is 508 g/mol. The molecule has 0 bridgehead atoms. The summed E-state index contributed by atoms with van der Waals surface area (Å²) in [5.74, 6) is -0.507. The molecule has 1 unspecified atom stereocenters. The molecule has 1 amide bonds.